The molecule has 0 bridgehead atoms. The average molecular weight is 164 g/mol. The van der Waals surface area contributed by atoms with Crippen molar-refractivity contribution in [1.29, 1.82) is 0 Å². The van der Waals surface area contributed by atoms with Crippen molar-refractivity contribution in [3.05, 3.63) is 0 Å². The van der Waals surface area contributed by atoms with Crippen molar-refractivity contribution in [1.82, 2.24) is 0 Å². The van der Waals surface area contributed by atoms with Crippen LogP contribution in [0.2, 0.25) is 19.6 Å². The Hall–Kier alpha value is 0.400. The summed E-state index contributed by atoms with van der Waals surface area (Å²) in [6.07, 6.45) is 5.12. The molecule has 0 amide bonds. The molecule has 0 atom stereocenters. The quantitative estimate of drug-likeness (QED) is 0.375. The largest absolute Gasteiger partial charge is 0.135 e. The second-order valence-corrected chi connectivity index (χ2v) is 7.18. The van der Waals surface area contributed by atoms with Gasteiger partial charge in [-0.15, -0.1) is 12.0 Å². The van der Waals surface area contributed by atoms with Crippen molar-refractivity contribution in [2.45, 2.75) is 19.6 Å². The first kappa shape index (κ1) is 10.4. The van der Waals surface area contributed by atoms with Gasteiger partial charge in [-0.05, 0) is 0 Å². The molecule has 0 aromatic carbocycles. The maximum atomic E-state index is 5.12. The first-order valence-corrected chi connectivity index (χ1v) is 5.54. The van der Waals surface area contributed by atoms with Crippen LogP contribution in [0.4, 0.5) is 0 Å². The Balaban J connectivity index is 0. The van der Waals surface area contributed by atoms with Gasteiger partial charge in [-0.2, -0.15) is 0 Å². The van der Waals surface area contributed by atoms with Gasteiger partial charge in [-0.25, -0.2) is 0 Å². The van der Waals surface area contributed by atoms with Crippen LogP contribution in [-0.2, 0) is 19.5 Å². The molecule has 0 saturated heterocycles. The molecule has 0 aromatic heterocycles. The van der Waals surface area contributed by atoms with Crippen molar-refractivity contribution in [3.8, 4) is 12.0 Å². The van der Waals surface area contributed by atoms with Crippen LogP contribution >= 0.6 is 0 Å². The van der Waals surface area contributed by atoms with Gasteiger partial charge in [-0.1, -0.05) is 19.6 Å². The third-order valence-corrected chi connectivity index (χ3v) is 1.30. The topological polar surface area (TPSA) is 0 Å². The summed E-state index contributed by atoms with van der Waals surface area (Å²) in [5.41, 5.74) is 2.74. The predicted octanol–water partition coefficient (Wildman–Crippen LogP) is 1.49. The van der Waals surface area contributed by atoms with E-state index >= 15 is 0 Å². The molecule has 36 valence electrons. The average Bonchev–Trinajstić information content (AvgIpc) is 1.35. The maximum absolute atomic E-state index is 5.12. The molecule has 0 spiro atoms. The molecule has 0 aromatic rings. The minimum atomic E-state index is -1.10. The van der Waals surface area contributed by atoms with E-state index in [9.17, 15) is 0 Å². The Bertz CT molecular complexity index is 75.1. The van der Waals surface area contributed by atoms with Crippen molar-refractivity contribution in [2.75, 3.05) is 0 Å². The summed E-state index contributed by atoms with van der Waals surface area (Å²) in [6.45, 7) is 6.44. The van der Waals surface area contributed by atoms with Crippen LogP contribution < -0.4 is 0 Å². The van der Waals surface area contributed by atoms with Crippen molar-refractivity contribution < 1.29 is 19.5 Å². The zero-order chi connectivity index (χ0) is 5.21. The SMILES string of the molecule is C#C[Si](C)(C)C.[Zn]. The van der Waals surface area contributed by atoms with Crippen molar-refractivity contribution >= 4 is 8.07 Å². The van der Waals surface area contributed by atoms with E-state index in [0.29, 0.717) is 0 Å². The van der Waals surface area contributed by atoms with Crippen LogP contribution in [-0.4, -0.2) is 8.07 Å². The molecule has 0 aliphatic rings. The van der Waals surface area contributed by atoms with Gasteiger partial charge in [0.1, 0.15) is 8.07 Å². The molecule has 0 unspecified atom stereocenters. The number of hydrogen-bond acceptors (Lipinski definition) is 0. The summed E-state index contributed by atoms with van der Waals surface area (Å²) in [6, 6.07) is 0. The van der Waals surface area contributed by atoms with E-state index < -0.39 is 8.07 Å². The molecular weight excluding hydrogens is 154 g/mol. The molecule has 2 heteroatoms. The van der Waals surface area contributed by atoms with Crippen LogP contribution in [0.25, 0.3) is 0 Å². The normalized spacial score (nSPS) is 8.86. The maximum Gasteiger partial charge on any atom is 0.128 e. The zero-order valence-electron chi connectivity index (χ0n) is 5.28. The third-order valence-electron chi connectivity index (χ3n) is 0.433. The van der Waals surface area contributed by atoms with Crippen molar-refractivity contribution in [3.63, 3.8) is 0 Å². The molecule has 0 rings (SSSR count). The molecular formula is C5H10SiZn. The monoisotopic (exact) mass is 162 g/mol. The van der Waals surface area contributed by atoms with Gasteiger partial charge in [-0.3, -0.25) is 0 Å². The second-order valence-electron chi connectivity index (χ2n) is 2.39. The summed E-state index contributed by atoms with van der Waals surface area (Å²) < 4.78 is 0. The first-order chi connectivity index (χ1) is 2.56. The first-order valence-electron chi connectivity index (χ1n) is 2.04. The van der Waals surface area contributed by atoms with E-state index in [4.69, 9.17) is 6.42 Å². The molecule has 0 saturated carbocycles. The molecule has 0 nitrogen and oxygen atoms in total. The molecule has 0 aliphatic carbocycles. The third kappa shape index (κ3) is 10.7. The van der Waals surface area contributed by atoms with E-state index in [-0.39, 0.29) is 19.5 Å². The van der Waals surface area contributed by atoms with Gasteiger partial charge in [0.2, 0.25) is 0 Å². The molecule has 0 radical (unpaired) electrons. The molecule has 0 aliphatic heterocycles. The summed E-state index contributed by atoms with van der Waals surface area (Å²) in [4.78, 5) is 0. The molecule has 0 heterocycles. The van der Waals surface area contributed by atoms with Gasteiger partial charge in [0.05, 0.1) is 0 Å². The predicted molar refractivity (Wildman–Crippen MR) is 32.2 cm³/mol. The fraction of sp³-hybridized carbons (Fsp3) is 0.600. The Morgan fingerprint density at radius 1 is 1.29 bits per heavy atom. The van der Waals surface area contributed by atoms with Gasteiger partial charge in [0.15, 0.2) is 0 Å². The smallest absolute Gasteiger partial charge is 0.128 e. The van der Waals surface area contributed by atoms with Gasteiger partial charge in [0, 0.05) is 19.5 Å². The van der Waals surface area contributed by atoms with Gasteiger partial charge in [0.25, 0.3) is 0 Å². The van der Waals surface area contributed by atoms with Crippen LogP contribution in [0.5, 0.6) is 0 Å². The van der Waals surface area contributed by atoms with E-state index in [0.717, 1.165) is 0 Å². The van der Waals surface area contributed by atoms with Crippen LogP contribution in [0, 0.1) is 12.0 Å². The second kappa shape index (κ2) is 3.41. The Labute approximate surface area is 59.5 Å². The van der Waals surface area contributed by atoms with Crippen LogP contribution in [0.3, 0.4) is 0 Å². The van der Waals surface area contributed by atoms with E-state index in [1.807, 2.05) is 0 Å². The number of terminal acetylenes is 1. The molecule has 0 N–H and O–H groups in total. The van der Waals surface area contributed by atoms with Crippen LogP contribution in [0.1, 0.15) is 0 Å². The Morgan fingerprint density at radius 2 is 1.43 bits per heavy atom. The summed E-state index contributed by atoms with van der Waals surface area (Å²) in [5, 5.41) is 0. The molecule has 7 heavy (non-hydrogen) atoms. The van der Waals surface area contributed by atoms with Crippen molar-refractivity contribution in [2.24, 2.45) is 0 Å². The Kier molecular flexibility index (Phi) is 5.06. The number of hydrogen-bond donors (Lipinski definition) is 0. The number of rotatable bonds is 0. The summed E-state index contributed by atoms with van der Waals surface area (Å²) >= 11 is 0. The zero-order valence-corrected chi connectivity index (χ0v) is 9.25. The fourth-order valence-corrected chi connectivity index (χ4v) is 0. The summed E-state index contributed by atoms with van der Waals surface area (Å²) in [5.74, 6) is 0. The molecule has 0 fully saturated rings. The van der Waals surface area contributed by atoms with E-state index in [2.05, 4.69) is 25.2 Å². The standard InChI is InChI=1S/C5H10Si.Zn/c1-5-6(2,3)4;/h1H,2-4H3;. The van der Waals surface area contributed by atoms with Gasteiger partial charge < -0.3 is 0 Å². The van der Waals surface area contributed by atoms with Gasteiger partial charge >= 0.3 is 0 Å². The summed E-state index contributed by atoms with van der Waals surface area (Å²) in [7, 11) is -1.10. The Morgan fingerprint density at radius 3 is 1.43 bits per heavy atom. The van der Waals surface area contributed by atoms with E-state index in [1.54, 1.807) is 0 Å². The minimum Gasteiger partial charge on any atom is -0.135 e. The van der Waals surface area contributed by atoms with E-state index in [1.165, 1.54) is 0 Å². The minimum absolute atomic E-state index is 0. The van der Waals surface area contributed by atoms with Crippen LogP contribution in [0.15, 0.2) is 0 Å². The fourth-order valence-electron chi connectivity index (χ4n) is 0.